The van der Waals surface area contributed by atoms with Crippen LogP contribution in [0.2, 0.25) is 0 Å². The third kappa shape index (κ3) is 1.78. The Morgan fingerprint density at radius 3 is 2.83 bits per heavy atom. The van der Waals surface area contributed by atoms with E-state index in [-0.39, 0.29) is 5.91 Å². The SMILES string of the molecule is CN(C(=O)c1ccco1)c1nc2ccccc2s1. The minimum Gasteiger partial charge on any atom is -0.459 e. The molecule has 0 bridgehead atoms. The number of furan rings is 1. The van der Waals surface area contributed by atoms with Crippen LogP contribution in [0.4, 0.5) is 5.13 Å². The molecule has 0 saturated heterocycles. The molecule has 0 spiro atoms. The molecule has 18 heavy (non-hydrogen) atoms. The van der Waals surface area contributed by atoms with Crippen LogP contribution in [-0.4, -0.2) is 17.9 Å². The minimum absolute atomic E-state index is 0.195. The van der Waals surface area contributed by atoms with E-state index in [1.54, 1.807) is 19.2 Å². The number of para-hydroxylation sites is 1. The van der Waals surface area contributed by atoms with Crippen LogP contribution in [-0.2, 0) is 0 Å². The van der Waals surface area contributed by atoms with E-state index in [1.807, 2.05) is 24.3 Å². The summed E-state index contributed by atoms with van der Waals surface area (Å²) < 4.78 is 6.16. The Morgan fingerprint density at radius 1 is 1.28 bits per heavy atom. The molecule has 0 aliphatic carbocycles. The quantitative estimate of drug-likeness (QED) is 0.709. The van der Waals surface area contributed by atoms with Crippen molar-refractivity contribution in [2.24, 2.45) is 0 Å². The summed E-state index contributed by atoms with van der Waals surface area (Å²) in [6.07, 6.45) is 1.49. The van der Waals surface area contributed by atoms with Crippen LogP contribution in [0.3, 0.4) is 0 Å². The molecule has 2 heterocycles. The first-order valence-corrected chi connectivity index (χ1v) is 6.24. The molecule has 0 N–H and O–H groups in total. The van der Waals surface area contributed by atoms with E-state index in [0.717, 1.165) is 10.2 Å². The highest BCUT2D eigenvalue weighted by atomic mass is 32.1. The number of anilines is 1. The summed E-state index contributed by atoms with van der Waals surface area (Å²) in [5, 5.41) is 0.664. The highest BCUT2D eigenvalue weighted by Crippen LogP contribution is 2.28. The van der Waals surface area contributed by atoms with Gasteiger partial charge >= 0.3 is 0 Å². The number of rotatable bonds is 2. The van der Waals surface area contributed by atoms with Crippen molar-refractivity contribution in [2.45, 2.75) is 0 Å². The first-order valence-electron chi connectivity index (χ1n) is 5.43. The monoisotopic (exact) mass is 258 g/mol. The van der Waals surface area contributed by atoms with E-state index in [0.29, 0.717) is 10.9 Å². The fraction of sp³-hybridized carbons (Fsp3) is 0.0769. The zero-order valence-electron chi connectivity index (χ0n) is 9.66. The maximum absolute atomic E-state index is 12.1. The molecule has 0 fully saturated rings. The van der Waals surface area contributed by atoms with Gasteiger partial charge in [0.15, 0.2) is 10.9 Å². The molecular formula is C13H10N2O2S. The zero-order chi connectivity index (χ0) is 12.5. The van der Waals surface area contributed by atoms with Crippen LogP contribution in [0.5, 0.6) is 0 Å². The van der Waals surface area contributed by atoms with Crippen molar-refractivity contribution in [3.8, 4) is 0 Å². The fourth-order valence-electron chi connectivity index (χ4n) is 1.66. The third-order valence-corrected chi connectivity index (χ3v) is 3.72. The number of carbonyl (C=O) groups is 1. The number of amides is 1. The molecule has 5 heteroatoms. The molecule has 0 radical (unpaired) electrons. The largest absolute Gasteiger partial charge is 0.459 e. The molecular weight excluding hydrogens is 248 g/mol. The summed E-state index contributed by atoms with van der Waals surface area (Å²) in [4.78, 5) is 18.0. The Hall–Kier alpha value is -2.14. The average Bonchev–Trinajstić information content (AvgIpc) is 3.05. The Kier molecular flexibility index (Phi) is 2.60. The van der Waals surface area contributed by atoms with Gasteiger partial charge in [-0.2, -0.15) is 0 Å². The predicted octanol–water partition coefficient (Wildman–Crippen LogP) is 3.17. The summed E-state index contributed by atoms with van der Waals surface area (Å²) in [5.41, 5.74) is 0.900. The number of hydrogen-bond acceptors (Lipinski definition) is 4. The second-order valence-corrected chi connectivity index (χ2v) is 4.81. The van der Waals surface area contributed by atoms with Crippen molar-refractivity contribution in [1.82, 2.24) is 4.98 Å². The van der Waals surface area contributed by atoms with Crippen molar-refractivity contribution in [3.05, 3.63) is 48.4 Å². The number of carbonyl (C=O) groups excluding carboxylic acids is 1. The van der Waals surface area contributed by atoms with Gasteiger partial charge in [-0.3, -0.25) is 9.69 Å². The van der Waals surface area contributed by atoms with Gasteiger partial charge in [-0.1, -0.05) is 23.5 Å². The summed E-state index contributed by atoms with van der Waals surface area (Å²) in [7, 11) is 1.70. The Bertz CT molecular complexity index is 655. The van der Waals surface area contributed by atoms with Gasteiger partial charge in [-0.15, -0.1) is 0 Å². The van der Waals surface area contributed by atoms with Crippen molar-refractivity contribution in [2.75, 3.05) is 11.9 Å². The first kappa shape index (κ1) is 11.0. The summed E-state index contributed by atoms with van der Waals surface area (Å²) in [6, 6.07) is 11.1. The van der Waals surface area contributed by atoms with Gasteiger partial charge in [0, 0.05) is 7.05 Å². The lowest BCUT2D eigenvalue weighted by Crippen LogP contribution is -2.25. The van der Waals surface area contributed by atoms with Crippen LogP contribution < -0.4 is 4.90 Å². The van der Waals surface area contributed by atoms with Gasteiger partial charge in [0.25, 0.3) is 5.91 Å². The van der Waals surface area contributed by atoms with Gasteiger partial charge in [0.2, 0.25) is 0 Å². The molecule has 0 atom stereocenters. The summed E-state index contributed by atoms with van der Waals surface area (Å²) in [5.74, 6) is 0.121. The minimum atomic E-state index is -0.195. The van der Waals surface area contributed by atoms with Crippen LogP contribution in [0.25, 0.3) is 10.2 Å². The molecule has 0 saturated carbocycles. The molecule has 1 aromatic carbocycles. The number of thiazole rings is 1. The topological polar surface area (TPSA) is 46.3 Å². The molecule has 3 aromatic rings. The van der Waals surface area contributed by atoms with E-state index in [9.17, 15) is 4.79 Å². The normalized spacial score (nSPS) is 10.7. The number of hydrogen-bond donors (Lipinski definition) is 0. The lowest BCUT2D eigenvalue weighted by Gasteiger charge is -2.11. The summed E-state index contributed by atoms with van der Waals surface area (Å²) in [6.45, 7) is 0. The first-order chi connectivity index (χ1) is 8.75. The lowest BCUT2D eigenvalue weighted by atomic mass is 10.3. The van der Waals surface area contributed by atoms with Crippen LogP contribution in [0.1, 0.15) is 10.6 Å². The van der Waals surface area contributed by atoms with Crippen LogP contribution >= 0.6 is 11.3 Å². The molecule has 2 aromatic heterocycles. The molecule has 1 amide bonds. The summed E-state index contributed by atoms with van der Waals surface area (Å²) >= 11 is 1.48. The zero-order valence-corrected chi connectivity index (χ0v) is 10.5. The van der Waals surface area contributed by atoms with Crippen molar-refractivity contribution in [3.63, 3.8) is 0 Å². The van der Waals surface area contributed by atoms with Gasteiger partial charge in [0.1, 0.15) is 0 Å². The second-order valence-electron chi connectivity index (χ2n) is 3.81. The maximum Gasteiger partial charge on any atom is 0.295 e. The molecule has 4 nitrogen and oxygen atoms in total. The van der Waals surface area contributed by atoms with E-state index in [4.69, 9.17) is 4.42 Å². The van der Waals surface area contributed by atoms with E-state index in [1.165, 1.54) is 22.5 Å². The van der Waals surface area contributed by atoms with Gasteiger partial charge < -0.3 is 4.42 Å². The maximum atomic E-state index is 12.1. The van der Waals surface area contributed by atoms with Crippen molar-refractivity contribution >= 4 is 32.6 Å². The van der Waals surface area contributed by atoms with Gasteiger partial charge in [-0.05, 0) is 24.3 Å². The molecule has 0 unspecified atom stereocenters. The van der Waals surface area contributed by atoms with E-state index in [2.05, 4.69) is 4.98 Å². The average molecular weight is 258 g/mol. The smallest absolute Gasteiger partial charge is 0.295 e. The van der Waals surface area contributed by atoms with Crippen molar-refractivity contribution in [1.29, 1.82) is 0 Å². The third-order valence-electron chi connectivity index (χ3n) is 2.61. The van der Waals surface area contributed by atoms with Gasteiger partial charge in [0.05, 0.1) is 16.5 Å². The number of aromatic nitrogens is 1. The molecule has 3 rings (SSSR count). The highest BCUT2D eigenvalue weighted by molar-refractivity contribution is 7.22. The highest BCUT2D eigenvalue weighted by Gasteiger charge is 2.18. The molecule has 90 valence electrons. The van der Waals surface area contributed by atoms with E-state index >= 15 is 0 Å². The predicted molar refractivity (Wildman–Crippen MR) is 71.1 cm³/mol. The second kappa shape index (κ2) is 4.27. The van der Waals surface area contributed by atoms with Crippen LogP contribution in [0.15, 0.2) is 47.1 Å². The molecule has 0 aliphatic rings. The number of fused-ring (bicyclic) bond motifs is 1. The van der Waals surface area contributed by atoms with Gasteiger partial charge in [-0.25, -0.2) is 4.98 Å². The number of nitrogens with zero attached hydrogens (tertiary/aromatic N) is 2. The van der Waals surface area contributed by atoms with E-state index < -0.39 is 0 Å². The Morgan fingerprint density at radius 2 is 2.11 bits per heavy atom. The number of benzene rings is 1. The van der Waals surface area contributed by atoms with Crippen LogP contribution in [0, 0.1) is 0 Å². The Balaban J connectivity index is 1.96. The fourth-order valence-corrected chi connectivity index (χ4v) is 2.58. The molecule has 0 aliphatic heterocycles. The Labute approximate surface area is 107 Å². The van der Waals surface area contributed by atoms with Crippen molar-refractivity contribution < 1.29 is 9.21 Å². The lowest BCUT2D eigenvalue weighted by molar-refractivity contribution is 0.0966. The standard InChI is InChI=1S/C13H10N2O2S/c1-15(12(16)10-6-4-8-17-10)13-14-9-5-2-3-7-11(9)18-13/h2-8H,1H3.